The van der Waals surface area contributed by atoms with Crippen LogP contribution in [0.25, 0.3) is 0 Å². The molecule has 0 aromatic heterocycles. The highest BCUT2D eigenvalue weighted by Gasteiger charge is 2.27. The zero-order valence-electron chi connectivity index (χ0n) is 9.02. The summed E-state index contributed by atoms with van der Waals surface area (Å²) >= 11 is 0. The van der Waals surface area contributed by atoms with Crippen molar-refractivity contribution in [2.24, 2.45) is 0 Å². The van der Waals surface area contributed by atoms with E-state index in [4.69, 9.17) is 9.84 Å². The quantitative estimate of drug-likeness (QED) is 0.646. The Bertz CT molecular complexity index is 321. The number of carboxylic acids is 1. The summed E-state index contributed by atoms with van der Waals surface area (Å²) in [4.78, 5) is 10.2. The zero-order valence-corrected chi connectivity index (χ0v) is 9.83. The molecule has 94 valence electrons. The molecule has 1 atom stereocenters. The molecular formula is C9H17NO5S. The summed E-state index contributed by atoms with van der Waals surface area (Å²) in [7, 11) is -3.35. The summed E-state index contributed by atoms with van der Waals surface area (Å²) in [6.45, 7) is 1.02. The van der Waals surface area contributed by atoms with Gasteiger partial charge in [-0.25, -0.2) is 13.1 Å². The molecule has 0 bridgehead atoms. The van der Waals surface area contributed by atoms with Crippen molar-refractivity contribution >= 4 is 16.0 Å². The number of hydrogen-bond donors (Lipinski definition) is 2. The minimum Gasteiger partial charge on any atom is -0.481 e. The number of ether oxygens (including phenoxy) is 1. The molecule has 0 aromatic carbocycles. The fourth-order valence-corrected chi connectivity index (χ4v) is 2.94. The van der Waals surface area contributed by atoms with Crippen molar-refractivity contribution in [2.75, 3.05) is 19.8 Å². The first-order valence-electron chi connectivity index (χ1n) is 5.30. The van der Waals surface area contributed by atoms with Crippen LogP contribution in [0, 0.1) is 0 Å². The van der Waals surface area contributed by atoms with Crippen LogP contribution >= 0.6 is 0 Å². The standard InChI is InChI=1S/C9H17NO5S/c11-9(12)4-1-5-10-16(13,14)8-3-2-6-15-7-8/h8,10H,1-7H2,(H,11,12). The first kappa shape index (κ1) is 13.4. The van der Waals surface area contributed by atoms with E-state index in [1.807, 2.05) is 0 Å². The maximum Gasteiger partial charge on any atom is 0.303 e. The van der Waals surface area contributed by atoms with Crippen molar-refractivity contribution < 1.29 is 23.1 Å². The Kier molecular flexibility index (Phi) is 5.17. The van der Waals surface area contributed by atoms with Gasteiger partial charge >= 0.3 is 5.97 Å². The minimum absolute atomic E-state index is 0.0241. The second kappa shape index (κ2) is 6.17. The number of carboxylic acid groups (broad SMARTS) is 1. The number of nitrogens with one attached hydrogen (secondary N) is 1. The zero-order chi connectivity index (χ0) is 12.0. The van der Waals surface area contributed by atoms with E-state index in [0.29, 0.717) is 19.4 Å². The molecule has 0 radical (unpaired) electrons. The smallest absolute Gasteiger partial charge is 0.303 e. The molecule has 0 spiro atoms. The summed E-state index contributed by atoms with van der Waals surface area (Å²) in [6, 6.07) is 0. The number of aliphatic carboxylic acids is 1. The third kappa shape index (κ3) is 4.46. The van der Waals surface area contributed by atoms with Crippen LogP contribution in [-0.4, -0.2) is 44.5 Å². The molecule has 0 aliphatic carbocycles. The predicted octanol–water partition coefficient (Wildman–Crippen LogP) is -0.0504. The summed E-state index contributed by atoms with van der Waals surface area (Å²) in [5.41, 5.74) is 0. The van der Waals surface area contributed by atoms with Gasteiger partial charge in [-0.15, -0.1) is 0 Å². The van der Waals surface area contributed by atoms with E-state index in [1.54, 1.807) is 0 Å². The van der Waals surface area contributed by atoms with Gasteiger partial charge in [0.2, 0.25) is 10.0 Å². The van der Waals surface area contributed by atoms with Gasteiger partial charge in [0.15, 0.2) is 0 Å². The van der Waals surface area contributed by atoms with E-state index in [-0.39, 0.29) is 19.6 Å². The Balaban J connectivity index is 2.30. The summed E-state index contributed by atoms with van der Waals surface area (Å²) in [6.07, 6.45) is 1.64. The van der Waals surface area contributed by atoms with Crippen LogP contribution in [0.3, 0.4) is 0 Å². The van der Waals surface area contributed by atoms with Gasteiger partial charge in [-0.1, -0.05) is 0 Å². The van der Waals surface area contributed by atoms with Gasteiger partial charge in [-0.2, -0.15) is 0 Å². The lowest BCUT2D eigenvalue weighted by atomic mass is 10.2. The minimum atomic E-state index is -3.35. The van der Waals surface area contributed by atoms with Crippen molar-refractivity contribution in [2.45, 2.75) is 30.9 Å². The lowest BCUT2D eigenvalue weighted by molar-refractivity contribution is -0.137. The van der Waals surface area contributed by atoms with Crippen molar-refractivity contribution in [3.63, 3.8) is 0 Å². The van der Waals surface area contributed by atoms with Crippen molar-refractivity contribution in [1.29, 1.82) is 0 Å². The van der Waals surface area contributed by atoms with Gasteiger partial charge in [0.05, 0.1) is 11.9 Å². The number of sulfonamides is 1. The summed E-state index contributed by atoms with van der Waals surface area (Å²) < 4.78 is 30.9. The van der Waals surface area contributed by atoms with Crippen molar-refractivity contribution in [3.8, 4) is 0 Å². The molecule has 1 aliphatic rings. The SMILES string of the molecule is O=C(O)CCCNS(=O)(=O)C1CCCOC1. The Morgan fingerprint density at radius 3 is 2.81 bits per heavy atom. The van der Waals surface area contributed by atoms with Crippen molar-refractivity contribution in [1.82, 2.24) is 4.72 Å². The first-order valence-corrected chi connectivity index (χ1v) is 6.85. The van der Waals surface area contributed by atoms with Gasteiger partial charge in [0.1, 0.15) is 0 Å². The Morgan fingerprint density at radius 2 is 2.25 bits per heavy atom. The second-order valence-electron chi connectivity index (χ2n) is 3.78. The molecule has 2 N–H and O–H groups in total. The fraction of sp³-hybridized carbons (Fsp3) is 0.889. The monoisotopic (exact) mass is 251 g/mol. The number of carbonyl (C=O) groups is 1. The largest absolute Gasteiger partial charge is 0.481 e. The van der Waals surface area contributed by atoms with Crippen LogP contribution in [0.15, 0.2) is 0 Å². The maximum absolute atomic E-state index is 11.7. The highest BCUT2D eigenvalue weighted by molar-refractivity contribution is 7.90. The van der Waals surface area contributed by atoms with Crippen LogP contribution in [-0.2, 0) is 19.6 Å². The molecule has 6 nitrogen and oxygen atoms in total. The van der Waals surface area contributed by atoms with Crippen LogP contribution in [0.2, 0.25) is 0 Å². The van der Waals surface area contributed by atoms with Gasteiger partial charge in [0.25, 0.3) is 0 Å². The normalized spacial score (nSPS) is 21.9. The number of hydrogen-bond acceptors (Lipinski definition) is 4. The van der Waals surface area contributed by atoms with Crippen molar-refractivity contribution in [3.05, 3.63) is 0 Å². The van der Waals surface area contributed by atoms with Gasteiger partial charge < -0.3 is 9.84 Å². The van der Waals surface area contributed by atoms with E-state index >= 15 is 0 Å². The third-order valence-corrected chi connectivity index (χ3v) is 4.28. The van der Waals surface area contributed by atoms with E-state index in [0.717, 1.165) is 6.42 Å². The third-order valence-electron chi connectivity index (χ3n) is 2.43. The predicted molar refractivity (Wildman–Crippen MR) is 57.6 cm³/mol. The molecule has 0 aromatic rings. The van der Waals surface area contributed by atoms with Gasteiger partial charge in [-0.05, 0) is 19.3 Å². The van der Waals surface area contributed by atoms with Crippen LogP contribution in [0.5, 0.6) is 0 Å². The van der Waals surface area contributed by atoms with E-state index < -0.39 is 21.2 Å². The highest BCUT2D eigenvalue weighted by atomic mass is 32.2. The summed E-state index contributed by atoms with van der Waals surface area (Å²) in [5, 5.41) is 7.90. The molecule has 16 heavy (non-hydrogen) atoms. The van der Waals surface area contributed by atoms with E-state index in [2.05, 4.69) is 4.72 Å². The molecule has 1 unspecified atom stereocenters. The maximum atomic E-state index is 11.7. The molecule has 1 fully saturated rings. The Labute approximate surface area is 95.0 Å². The van der Waals surface area contributed by atoms with Crippen LogP contribution in [0.4, 0.5) is 0 Å². The average molecular weight is 251 g/mol. The summed E-state index contributed by atoms with van der Waals surface area (Å²) in [5.74, 6) is -0.916. The second-order valence-corrected chi connectivity index (χ2v) is 5.82. The van der Waals surface area contributed by atoms with Gasteiger partial charge in [-0.3, -0.25) is 4.79 Å². The molecule has 0 saturated carbocycles. The van der Waals surface area contributed by atoms with Gasteiger partial charge in [0, 0.05) is 19.6 Å². The molecule has 1 aliphatic heterocycles. The first-order chi connectivity index (χ1) is 7.52. The molecule has 1 saturated heterocycles. The molecule has 7 heteroatoms. The van der Waals surface area contributed by atoms with Crippen LogP contribution in [0.1, 0.15) is 25.7 Å². The lowest BCUT2D eigenvalue weighted by Crippen LogP contribution is -2.39. The Morgan fingerprint density at radius 1 is 1.50 bits per heavy atom. The highest BCUT2D eigenvalue weighted by Crippen LogP contribution is 2.13. The van der Waals surface area contributed by atoms with E-state index in [9.17, 15) is 13.2 Å². The average Bonchev–Trinajstić information content (AvgIpc) is 2.26. The molecular weight excluding hydrogens is 234 g/mol. The van der Waals surface area contributed by atoms with E-state index in [1.165, 1.54) is 0 Å². The molecule has 1 rings (SSSR count). The topological polar surface area (TPSA) is 92.7 Å². The van der Waals surface area contributed by atoms with Crippen LogP contribution < -0.4 is 4.72 Å². The molecule has 1 heterocycles. The lowest BCUT2D eigenvalue weighted by Gasteiger charge is -2.22. The fourth-order valence-electron chi connectivity index (χ4n) is 1.53. The Hall–Kier alpha value is -0.660. The molecule has 0 amide bonds. The number of rotatable bonds is 6.